The van der Waals surface area contributed by atoms with Crippen molar-refractivity contribution in [3.63, 3.8) is 0 Å². The van der Waals surface area contributed by atoms with Crippen LogP contribution in [0.25, 0.3) is 0 Å². The van der Waals surface area contributed by atoms with Crippen molar-refractivity contribution in [3.05, 3.63) is 17.5 Å². The Morgan fingerprint density at radius 3 is 2.87 bits per heavy atom. The zero-order chi connectivity index (χ0) is 10.7. The van der Waals surface area contributed by atoms with Crippen LogP contribution in [0.15, 0.2) is 10.6 Å². The van der Waals surface area contributed by atoms with E-state index in [9.17, 15) is 5.11 Å². The molecule has 4 nitrogen and oxygen atoms in total. The Bertz CT molecular complexity index is 316. The fraction of sp³-hybridized carbons (Fsp3) is 0.727. The van der Waals surface area contributed by atoms with Crippen LogP contribution in [-0.4, -0.2) is 29.0 Å². The van der Waals surface area contributed by atoms with Gasteiger partial charge in [0.05, 0.1) is 11.3 Å². The molecule has 1 aromatic heterocycles. The highest BCUT2D eigenvalue weighted by atomic mass is 16.5. The molecule has 2 N–H and O–H groups in total. The third kappa shape index (κ3) is 2.79. The predicted octanol–water partition coefficient (Wildman–Crippen LogP) is 1.03. The van der Waals surface area contributed by atoms with Crippen LogP contribution >= 0.6 is 0 Å². The highest BCUT2D eigenvalue weighted by Gasteiger charge is 2.28. The molecule has 0 atom stereocenters. The SMILES string of the molecule is Cc1cc(CCC2(O)CCNCC2)on1. The summed E-state index contributed by atoms with van der Waals surface area (Å²) in [6.45, 7) is 3.73. The third-order valence-corrected chi connectivity index (χ3v) is 3.05. The van der Waals surface area contributed by atoms with E-state index in [1.165, 1.54) is 0 Å². The van der Waals surface area contributed by atoms with Crippen LogP contribution in [-0.2, 0) is 6.42 Å². The Kier molecular flexibility index (Phi) is 3.07. The van der Waals surface area contributed by atoms with E-state index in [0.717, 1.165) is 50.2 Å². The van der Waals surface area contributed by atoms with Crippen molar-refractivity contribution in [3.8, 4) is 0 Å². The largest absolute Gasteiger partial charge is 0.390 e. The van der Waals surface area contributed by atoms with Crippen molar-refractivity contribution in [2.45, 2.75) is 38.2 Å². The summed E-state index contributed by atoms with van der Waals surface area (Å²) < 4.78 is 5.12. The minimum atomic E-state index is -0.508. The molecule has 1 aliphatic heterocycles. The van der Waals surface area contributed by atoms with Gasteiger partial charge < -0.3 is 14.9 Å². The standard InChI is InChI=1S/C11H18N2O2/c1-9-8-10(15-13-9)2-3-11(14)4-6-12-7-5-11/h8,12,14H,2-7H2,1H3. The molecule has 1 saturated heterocycles. The highest BCUT2D eigenvalue weighted by Crippen LogP contribution is 2.24. The van der Waals surface area contributed by atoms with Crippen molar-refractivity contribution in [1.29, 1.82) is 0 Å². The van der Waals surface area contributed by atoms with E-state index in [2.05, 4.69) is 10.5 Å². The lowest BCUT2D eigenvalue weighted by Crippen LogP contribution is -2.42. The summed E-state index contributed by atoms with van der Waals surface area (Å²) in [5, 5.41) is 17.3. The van der Waals surface area contributed by atoms with Gasteiger partial charge in [0, 0.05) is 12.5 Å². The Morgan fingerprint density at radius 2 is 2.27 bits per heavy atom. The second-order valence-electron chi connectivity index (χ2n) is 4.41. The lowest BCUT2D eigenvalue weighted by Gasteiger charge is -2.32. The molecule has 0 aliphatic carbocycles. The number of nitrogens with zero attached hydrogens (tertiary/aromatic N) is 1. The van der Waals surface area contributed by atoms with Gasteiger partial charge in [0.15, 0.2) is 0 Å². The molecule has 1 aliphatic rings. The van der Waals surface area contributed by atoms with E-state index in [4.69, 9.17) is 4.52 Å². The van der Waals surface area contributed by atoms with E-state index in [-0.39, 0.29) is 0 Å². The third-order valence-electron chi connectivity index (χ3n) is 3.05. The fourth-order valence-corrected chi connectivity index (χ4v) is 2.03. The number of aromatic nitrogens is 1. The average Bonchev–Trinajstić information content (AvgIpc) is 2.63. The predicted molar refractivity (Wildman–Crippen MR) is 56.6 cm³/mol. The minimum Gasteiger partial charge on any atom is -0.390 e. The number of aliphatic hydroxyl groups is 1. The Hall–Kier alpha value is -0.870. The van der Waals surface area contributed by atoms with Crippen LogP contribution < -0.4 is 5.32 Å². The topological polar surface area (TPSA) is 58.3 Å². The Balaban J connectivity index is 1.86. The number of nitrogens with one attached hydrogen (secondary N) is 1. The summed E-state index contributed by atoms with van der Waals surface area (Å²) in [6, 6.07) is 1.93. The minimum absolute atomic E-state index is 0.508. The summed E-state index contributed by atoms with van der Waals surface area (Å²) >= 11 is 0. The lowest BCUT2D eigenvalue weighted by atomic mass is 9.87. The van der Waals surface area contributed by atoms with Gasteiger partial charge in [-0.15, -0.1) is 0 Å². The molecule has 15 heavy (non-hydrogen) atoms. The molecule has 0 radical (unpaired) electrons. The molecule has 0 aromatic carbocycles. The van der Waals surface area contributed by atoms with Crippen LogP contribution in [0.1, 0.15) is 30.7 Å². The van der Waals surface area contributed by atoms with E-state index in [1.807, 2.05) is 13.0 Å². The molecule has 84 valence electrons. The van der Waals surface area contributed by atoms with Gasteiger partial charge in [0.1, 0.15) is 5.76 Å². The first-order valence-corrected chi connectivity index (χ1v) is 5.53. The van der Waals surface area contributed by atoms with E-state index in [0.29, 0.717) is 0 Å². The van der Waals surface area contributed by atoms with Crippen LogP contribution in [0.5, 0.6) is 0 Å². The van der Waals surface area contributed by atoms with Crippen molar-refractivity contribution < 1.29 is 9.63 Å². The molecule has 1 aromatic rings. The monoisotopic (exact) mass is 210 g/mol. The van der Waals surface area contributed by atoms with Crippen LogP contribution in [0.2, 0.25) is 0 Å². The van der Waals surface area contributed by atoms with Crippen LogP contribution in [0.3, 0.4) is 0 Å². The number of hydrogen-bond acceptors (Lipinski definition) is 4. The molecular weight excluding hydrogens is 192 g/mol. The molecule has 2 rings (SSSR count). The summed E-state index contributed by atoms with van der Waals surface area (Å²) in [5.74, 6) is 0.874. The molecule has 4 heteroatoms. The normalized spacial score (nSPS) is 20.4. The molecule has 0 saturated carbocycles. The maximum atomic E-state index is 10.2. The number of rotatable bonds is 3. The molecule has 0 amide bonds. The molecule has 0 unspecified atom stereocenters. The van der Waals surface area contributed by atoms with Gasteiger partial charge in [-0.25, -0.2) is 0 Å². The van der Waals surface area contributed by atoms with Gasteiger partial charge in [-0.2, -0.15) is 0 Å². The second kappa shape index (κ2) is 4.33. The van der Waals surface area contributed by atoms with Crippen LogP contribution in [0.4, 0.5) is 0 Å². The zero-order valence-electron chi connectivity index (χ0n) is 9.12. The van der Waals surface area contributed by atoms with Gasteiger partial charge >= 0.3 is 0 Å². The molecule has 0 spiro atoms. The van der Waals surface area contributed by atoms with Crippen molar-refractivity contribution in [1.82, 2.24) is 10.5 Å². The smallest absolute Gasteiger partial charge is 0.137 e. The van der Waals surface area contributed by atoms with Crippen molar-refractivity contribution >= 4 is 0 Å². The van der Waals surface area contributed by atoms with Crippen LogP contribution in [0, 0.1) is 6.92 Å². The van der Waals surface area contributed by atoms with Gasteiger partial charge in [-0.1, -0.05) is 5.16 Å². The lowest BCUT2D eigenvalue weighted by molar-refractivity contribution is 0.00149. The molecule has 0 bridgehead atoms. The molecule has 2 heterocycles. The highest BCUT2D eigenvalue weighted by molar-refractivity contribution is 5.04. The number of aryl methyl sites for hydroxylation is 2. The van der Waals surface area contributed by atoms with Gasteiger partial charge in [-0.05, 0) is 39.3 Å². The van der Waals surface area contributed by atoms with Crippen molar-refractivity contribution in [2.75, 3.05) is 13.1 Å². The quantitative estimate of drug-likeness (QED) is 0.782. The first-order valence-electron chi connectivity index (χ1n) is 5.53. The van der Waals surface area contributed by atoms with Crippen molar-refractivity contribution in [2.24, 2.45) is 0 Å². The summed E-state index contributed by atoms with van der Waals surface area (Å²) in [6.07, 6.45) is 3.21. The number of piperidine rings is 1. The van der Waals surface area contributed by atoms with Gasteiger partial charge in [0.2, 0.25) is 0 Å². The first kappa shape index (κ1) is 10.6. The maximum absolute atomic E-state index is 10.2. The summed E-state index contributed by atoms with van der Waals surface area (Å²) in [5.41, 5.74) is 0.397. The molecular formula is C11H18N2O2. The van der Waals surface area contributed by atoms with E-state index < -0.39 is 5.60 Å². The van der Waals surface area contributed by atoms with Gasteiger partial charge in [0.25, 0.3) is 0 Å². The molecule has 1 fully saturated rings. The zero-order valence-corrected chi connectivity index (χ0v) is 9.12. The Morgan fingerprint density at radius 1 is 1.53 bits per heavy atom. The average molecular weight is 210 g/mol. The van der Waals surface area contributed by atoms with E-state index in [1.54, 1.807) is 0 Å². The summed E-state index contributed by atoms with van der Waals surface area (Å²) in [4.78, 5) is 0. The fourth-order valence-electron chi connectivity index (χ4n) is 2.03. The Labute approximate surface area is 89.7 Å². The summed E-state index contributed by atoms with van der Waals surface area (Å²) in [7, 11) is 0. The number of hydrogen-bond donors (Lipinski definition) is 2. The second-order valence-corrected chi connectivity index (χ2v) is 4.41. The van der Waals surface area contributed by atoms with Gasteiger partial charge in [-0.3, -0.25) is 0 Å². The first-order chi connectivity index (χ1) is 7.18. The maximum Gasteiger partial charge on any atom is 0.137 e. The van der Waals surface area contributed by atoms with E-state index >= 15 is 0 Å².